The highest BCUT2D eigenvalue weighted by atomic mass is 16.3. The van der Waals surface area contributed by atoms with E-state index in [-0.39, 0.29) is 5.91 Å². The first-order chi connectivity index (χ1) is 11.6. The zero-order valence-electron chi connectivity index (χ0n) is 15.0. The van der Waals surface area contributed by atoms with E-state index in [1.165, 1.54) is 18.4 Å². The van der Waals surface area contributed by atoms with Crippen molar-refractivity contribution >= 4 is 11.6 Å². The van der Waals surface area contributed by atoms with Crippen molar-refractivity contribution < 1.29 is 9.90 Å². The fourth-order valence-electron chi connectivity index (χ4n) is 3.87. The van der Waals surface area contributed by atoms with Crippen LogP contribution < -0.4 is 4.90 Å². The lowest BCUT2D eigenvalue weighted by molar-refractivity contribution is -0.118. The lowest BCUT2D eigenvalue weighted by Gasteiger charge is -2.32. The molecule has 2 aliphatic heterocycles. The molecule has 1 saturated heterocycles. The minimum absolute atomic E-state index is 0.187. The molecule has 3 rings (SSSR count). The molecule has 0 radical (unpaired) electrons. The Balaban J connectivity index is 1.70. The molecule has 1 aromatic carbocycles. The van der Waals surface area contributed by atoms with Crippen LogP contribution in [0.4, 0.5) is 5.69 Å². The average Bonchev–Trinajstić information content (AvgIpc) is 2.62. The van der Waals surface area contributed by atoms with E-state index in [9.17, 15) is 9.90 Å². The van der Waals surface area contributed by atoms with Gasteiger partial charge >= 0.3 is 0 Å². The smallest absolute Gasteiger partial charge is 0.226 e. The SMILES string of the molecule is CCC(=O)N1CCCc2cc([C@H](O)CN3CCC(C)CC3)ccc21. The summed E-state index contributed by atoms with van der Waals surface area (Å²) in [5.74, 6) is 0.996. The maximum Gasteiger partial charge on any atom is 0.226 e. The molecule has 1 N–H and O–H groups in total. The Bertz CT molecular complexity index is 579. The summed E-state index contributed by atoms with van der Waals surface area (Å²) in [6, 6.07) is 6.14. The first-order valence-electron chi connectivity index (χ1n) is 9.42. The fraction of sp³-hybridized carbons (Fsp3) is 0.650. The van der Waals surface area contributed by atoms with Gasteiger partial charge in [0.15, 0.2) is 0 Å². The van der Waals surface area contributed by atoms with Gasteiger partial charge in [0.25, 0.3) is 0 Å². The van der Waals surface area contributed by atoms with Crippen molar-refractivity contribution in [1.82, 2.24) is 4.90 Å². The van der Waals surface area contributed by atoms with Gasteiger partial charge in [-0.05, 0) is 61.9 Å². The third kappa shape index (κ3) is 3.81. The molecule has 0 aromatic heterocycles. The monoisotopic (exact) mass is 330 g/mol. The van der Waals surface area contributed by atoms with E-state index in [4.69, 9.17) is 0 Å². The number of hydrogen-bond acceptors (Lipinski definition) is 3. The lowest BCUT2D eigenvalue weighted by Crippen LogP contribution is -2.36. The van der Waals surface area contributed by atoms with Crippen LogP contribution in [0.3, 0.4) is 0 Å². The number of β-amino-alcohol motifs (C(OH)–C–C–N with tert-alkyl or cyclic N) is 1. The number of anilines is 1. The number of aliphatic hydroxyl groups excluding tert-OH is 1. The summed E-state index contributed by atoms with van der Waals surface area (Å²) in [5.41, 5.74) is 3.22. The Kier molecular flexibility index (Phi) is 5.57. The number of likely N-dealkylation sites (tertiary alicyclic amines) is 1. The van der Waals surface area contributed by atoms with E-state index >= 15 is 0 Å². The molecule has 0 bridgehead atoms. The summed E-state index contributed by atoms with van der Waals surface area (Å²) >= 11 is 0. The van der Waals surface area contributed by atoms with Crippen molar-refractivity contribution in [1.29, 1.82) is 0 Å². The molecule has 1 aromatic rings. The maximum atomic E-state index is 12.1. The van der Waals surface area contributed by atoms with E-state index in [1.54, 1.807) is 0 Å². The van der Waals surface area contributed by atoms with Crippen molar-refractivity contribution in [3.05, 3.63) is 29.3 Å². The molecule has 1 fully saturated rings. The second-order valence-electron chi connectivity index (χ2n) is 7.39. The Morgan fingerprint density at radius 1 is 1.29 bits per heavy atom. The molecule has 0 saturated carbocycles. The summed E-state index contributed by atoms with van der Waals surface area (Å²) in [4.78, 5) is 16.4. The molecular formula is C20H30N2O2. The average molecular weight is 330 g/mol. The number of amides is 1. The number of rotatable bonds is 4. The lowest BCUT2D eigenvalue weighted by atomic mass is 9.95. The van der Waals surface area contributed by atoms with Crippen LogP contribution in [0.25, 0.3) is 0 Å². The maximum absolute atomic E-state index is 12.1. The van der Waals surface area contributed by atoms with Gasteiger partial charge in [-0.1, -0.05) is 26.0 Å². The topological polar surface area (TPSA) is 43.8 Å². The highest BCUT2D eigenvalue weighted by Crippen LogP contribution is 2.31. The highest BCUT2D eigenvalue weighted by Gasteiger charge is 2.24. The number of fused-ring (bicyclic) bond motifs is 1. The van der Waals surface area contributed by atoms with E-state index < -0.39 is 6.10 Å². The molecule has 2 heterocycles. The molecule has 132 valence electrons. The fourth-order valence-corrected chi connectivity index (χ4v) is 3.87. The van der Waals surface area contributed by atoms with E-state index in [0.717, 1.165) is 49.6 Å². The minimum atomic E-state index is -0.444. The Hall–Kier alpha value is -1.39. The van der Waals surface area contributed by atoms with Gasteiger partial charge < -0.3 is 14.9 Å². The van der Waals surface area contributed by atoms with Gasteiger partial charge in [-0.15, -0.1) is 0 Å². The summed E-state index contributed by atoms with van der Waals surface area (Å²) in [6.45, 7) is 7.91. The van der Waals surface area contributed by atoms with E-state index in [0.29, 0.717) is 13.0 Å². The van der Waals surface area contributed by atoms with Crippen molar-refractivity contribution in [2.45, 2.75) is 52.1 Å². The molecule has 2 aliphatic rings. The zero-order chi connectivity index (χ0) is 17.1. The molecule has 0 spiro atoms. The van der Waals surface area contributed by atoms with Crippen LogP contribution in [0.5, 0.6) is 0 Å². The number of nitrogens with zero attached hydrogens (tertiary/aromatic N) is 2. The first-order valence-corrected chi connectivity index (χ1v) is 9.42. The predicted octanol–water partition coefficient (Wildman–Crippen LogP) is 3.14. The van der Waals surface area contributed by atoms with Gasteiger partial charge in [-0.2, -0.15) is 0 Å². The number of piperidine rings is 1. The molecule has 1 amide bonds. The highest BCUT2D eigenvalue weighted by molar-refractivity contribution is 5.94. The molecule has 0 unspecified atom stereocenters. The normalized spacial score (nSPS) is 20.7. The van der Waals surface area contributed by atoms with Gasteiger partial charge in [-0.25, -0.2) is 0 Å². The standard InChI is InChI=1S/C20H30N2O2/c1-3-20(24)22-10-4-5-16-13-17(6-7-18(16)22)19(23)14-21-11-8-15(2)9-12-21/h6-7,13,15,19,23H,3-5,8-12,14H2,1-2H3/t19-/m1/s1. The third-order valence-electron chi connectivity index (χ3n) is 5.52. The van der Waals surface area contributed by atoms with Gasteiger partial charge in [0, 0.05) is 25.2 Å². The molecular weight excluding hydrogens is 300 g/mol. The summed E-state index contributed by atoms with van der Waals surface area (Å²) in [7, 11) is 0. The van der Waals surface area contributed by atoms with E-state index in [2.05, 4.69) is 17.9 Å². The molecule has 24 heavy (non-hydrogen) atoms. The van der Waals surface area contributed by atoms with E-state index in [1.807, 2.05) is 24.0 Å². The van der Waals surface area contributed by atoms with Crippen molar-refractivity contribution in [2.75, 3.05) is 31.1 Å². The van der Waals surface area contributed by atoms with Gasteiger partial charge in [-0.3, -0.25) is 4.79 Å². The van der Waals surface area contributed by atoms with Crippen LogP contribution in [0.15, 0.2) is 18.2 Å². The molecule has 0 aliphatic carbocycles. The number of carbonyl (C=O) groups is 1. The van der Waals surface area contributed by atoms with Crippen LogP contribution in [-0.4, -0.2) is 42.1 Å². The summed E-state index contributed by atoms with van der Waals surface area (Å²) in [5, 5.41) is 10.6. The number of hydrogen-bond donors (Lipinski definition) is 1. The number of aliphatic hydroxyl groups is 1. The Morgan fingerprint density at radius 2 is 2.04 bits per heavy atom. The second kappa shape index (κ2) is 7.66. The molecule has 4 nitrogen and oxygen atoms in total. The van der Waals surface area contributed by atoms with Crippen LogP contribution in [0, 0.1) is 5.92 Å². The van der Waals surface area contributed by atoms with Crippen LogP contribution in [0.1, 0.15) is 56.8 Å². The molecule has 4 heteroatoms. The number of benzene rings is 1. The third-order valence-corrected chi connectivity index (χ3v) is 5.52. The largest absolute Gasteiger partial charge is 0.387 e. The van der Waals surface area contributed by atoms with Crippen molar-refractivity contribution in [2.24, 2.45) is 5.92 Å². The van der Waals surface area contributed by atoms with Gasteiger partial charge in [0.1, 0.15) is 0 Å². The Labute approximate surface area is 145 Å². The number of aryl methyl sites for hydroxylation is 1. The summed E-state index contributed by atoms with van der Waals surface area (Å²) in [6.07, 6.45) is 4.54. The number of carbonyl (C=O) groups excluding carboxylic acids is 1. The van der Waals surface area contributed by atoms with Crippen LogP contribution in [-0.2, 0) is 11.2 Å². The Morgan fingerprint density at radius 3 is 2.75 bits per heavy atom. The second-order valence-corrected chi connectivity index (χ2v) is 7.39. The van der Waals surface area contributed by atoms with Crippen LogP contribution >= 0.6 is 0 Å². The molecule has 1 atom stereocenters. The van der Waals surface area contributed by atoms with Crippen molar-refractivity contribution in [3.8, 4) is 0 Å². The zero-order valence-corrected chi connectivity index (χ0v) is 15.0. The predicted molar refractivity (Wildman–Crippen MR) is 97.2 cm³/mol. The minimum Gasteiger partial charge on any atom is -0.387 e. The summed E-state index contributed by atoms with van der Waals surface area (Å²) < 4.78 is 0. The van der Waals surface area contributed by atoms with Gasteiger partial charge in [0.05, 0.1) is 6.10 Å². The van der Waals surface area contributed by atoms with Crippen molar-refractivity contribution in [3.63, 3.8) is 0 Å². The van der Waals surface area contributed by atoms with Crippen LogP contribution in [0.2, 0.25) is 0 Å². The quantitative estimate of drug-likeness (QED) is 0.922. The first kappa shape index (κ1) is 17.4. The van der Waals surface area contributed by atoms with Gasteiger partial charge in [0.2, 0.25) is 5.91 Å².